The Morgan fingerprint density at radius 1 is 1.25 bits per heavy atom. The van der Waals surface area contributed by atoms with Gasteiger partial charge in [-0.25, -0.2) is 0 Å². The van der Waals surface area contributed by atoms with Crippen molar-refractivity contribution in [3.8, 4) is 0 Å². The molecule has 0 aromatic carbocycles. The minimum Gasteiger partial charge on any atom is -0.446 e. The first-order chi connectivity index (χ1) is 13.3. The van der Waals surface area contributed by atoms with Crippen molar-refractivity contribution in [3.05, 3.63) is 36.0 Å². The van der Waals surface area contributed by atoms with Gasteiger partial charge in [0.15, 0.2) is 11.4 Å². The predicted molar refractivity (Wildman–Crippen MR) is 111 cm³/mol. The average molecular weight is 383 g/mol. The zero-order valence-electron chi connectivity index (χ0n) is 17.7. The summed E-state index contributed by atoms with van der Waals surface area (Å²) in [6.07, 6.45) is 10.9. The van der Waals surface area contributed by atoms with Gasteiger partial charge in [-0.15, -0.1) is 0 Å². The van der Waals surface area contributed by atoms with Crippen molar-refractivity contribution in [3.63, 3.8) is 0 Å². The van der Waals surface area contributed by atoms with Crippen LogP contribution in [0.3, 0.4) is 0 Å². The molecular formula is C25H34O3. The van der Waals surface area contributed by atoms with Crippen LogP contribution in [-0.4, -0.2) is 17.4 Å². The molecule has 0 heterocycles. The number of ketones is 1. The Kier molecular flexibility index (Phi) is 4.71. The molecule has 0 spiro atoms. The summed E-state index contributed by atoms with van der Waals surface area (Å²) in [4.78, 5) is 25.1. The van der Waals surface area contributed by atoms with Crippen LogP contribution < -0.4 is 0 Å². The number of carbonyl (C=O) groups excluding carboxylic acids is 2. The van der Waals surface area contributed by atoms with Crippen LogP contribution in [0.5, 0.6) is 0 Å². The van der Waals surface area contributed by atoms with E-state index in [0.29, 0.717) is 23.7 Å². The minimum absolute atomic E-state index is 0.0719. The number of carbonyl (C=O) groups is 2. The molecule has 0 saturated heterocycles. The number of Topliss-reactive ketones (excluding diaryl/α,β-unsaturated/α-hetero) is 1. The van der Waals surface area contributed by atoms with E-state index in [9.17, 15) is 9.59 Å². The van der Waals surface area contributed by atoms with Crippen molar-refractivity contribution in [2.75, 3.05) is 0 Å². The maximum absolute atomic E-state index is 13.1. The molecule has 0 aliphatic heterocycles. The van der Waals surface area contributed by atoms with Crippen LogP contribution in [0.1, 0.15) is 72.1 Å². The summed E-state index contributed by atoms with van der Waals surface area (Å²) < 4.78 is 5.93. The van der Waals surface area contributed by atoms with Gasteiger partial charge < -0.3 is 4.74 Å². The Hall–Kier alpha value is -1.64. The maximum Gasteiger partial charge on any atom is 0.303 e. The molecule has 3 nitrogen and oxygen atoms in total. The minimum atomic E-state index is -1.19. The van der Waals surface area contributed by atoms with Gasteiger partial charge >= 0.3 is 5.97 Å². The van der Waals surface area contributed by atoms with Crippen LogP contribution >= 0.6 is 0 Å². The second kappa shape index (κ2) is 6.71. The molecule has 152 valence electrons. The lowest BCUT2D eigenvalue weighted by Crippen LogP contribution is -2.59. The molecule has 3 fully saturated rings. The smallest absolute Gasteiger partial charge is 0.303 e. The molecule has 0 unspecified atom stereocenters. The highest BCUT2D eigenvalue weighted by atomic mass is 16.6. The van der Waals surface area contributed by atoms with E-state index in [1.54, 1.807) is 12.5 Å². The number of rotatable bonds is 3. The highest BCUT2D eigenvalue weighted by molar-refractivity contribution is 5.93. The number of ether oxygens (including phenoxy) is 1. The lowest BCUT2D eigenvalue weighted by atomic mass is 9.48. The number of esters is 1. The van der Waals surface area contributed by atoms with Crippen LogP contribution in [-0.2, 0) is 14.3 Å². The van der Waals surface area contributed by atoms with E-state index in [1.807, 2.05) is 0 Å². The average Bonchev–Trinajstić information content (AvgIpc) is 2.90. The number of hydrogen-bond acceptors (Lipinski definition) is 3. The van der Waals surface area contributed by atoms with E-state index in [4.69, 9.17) is 4.74 Å². The van der Waals surface area contributed by atoms with Gasteiger partial charge in [0, 0.05) is 12.3 Å². The quantitative estimate of drug-likeness (QED) is 0.474. The fraction of sp³-hybridized carbons (Fsp3) is 0.680. The first-order valence-corrected chi connectivity index (χ1v) is 11.0. The molecular weight excluding hydrogens is 348 g/mol. The Balaban J connectivity index is 1.82. The van der Waals surface area contributed by atoms with Gasteiger partial charge in [0.25, 0.3) is 0 Å². The molecule has 3 heteroatoms. The Morgan fingerprint density at radius 2 is 2.00 bits per heavy atom. The van der Waals surface area contributed by atoms with E-state index in [0.717, 1.165) is 31.3 Å². The predicted octanol–water partition coefficient (Wildman–Crippen LogP) is 5.56. The largest absolute Gasteiger partial charge is 0.446 e. The SMILES string of the molecule is C=C1C[C@@]2(CC)[C@@H](CC(=C)[C@]2(OC(C)=O)C(C)=O)[C@@H]2CCC3=CCCC[C@@H]3[C@@H]12. The lowest BCUT2D eigenvalue weighted by molar-refractivity contribution is -0.180. The van der Waals surface area contributed by atoms with Crippen LogP contribution in [0.2, 0.25) is 0 Å². The second-order valence-electron chi connectivity index (χ2n) is 9.63. The Bertz CT molecular complexity index is 775. The zero-order chi connectivity index (χ0) is 20.3. The van der Waals surface area contributed by atoms with Crippen molar-refractivity contribution < 1.29 is 14.3 Å². The summed E-state index contributed by atoms with van der Waals surface area (Å²) in [7, 11) is 0. The Labute approximate surface area is 169 Å². The van der Waals surface area contributed by atoms with E-state index in [-0.39, 0.29) is 5.78 Å². The van der Waals surface area contributed by atoms with Gasteiger partial charge in [-0.3, -0.25) is 9.59 Å². The third kappa shape index (κ3) is 2.40. The normalized spacial score (nSPS) is 42.2. The van der Waals surface area contributed by atoms with E-state index in [2.05, 4.69) is 26.2 Å². The highest BCUT2D eigenvalue weighted by Gasteiger charge is 2.70. The maximum atomic E-state index is 13.1. The summed E-state index contributed by atoms with van der Waals surface area (Å²) in [6.45, 7) is 14.0. The molecule has 0 amide bonds. The van der Waals surface area contributed by atoms with E-state index >= 15 is 0 Å². The lowest BCUT2D eigenvalue weighted by Gasteiger charge is -2.57. The first-order valence-electron chi connectivity index (χ1n) is 11.0. The summed E-state index contributed by atoms with van der Waals surface area (Å²) in [5.74, 6) is 1.53. The molecule has 0 bridgehead atoms. The van der Waals surface area contributed by atoms with Crippen molar-refractivity contribution in [1.82, 2.24) is 0 Å². The van der Waals surface area contributed by atoms with Gasteiger partial charge in [0.1, 0.15) is 0 Å². The number of fused-ring (bicyclic) bond motifs is 5. The number of hydrogen-bond donors (Lipinski definition) is 0. The first kappa shape index (κ1) is 19.7. The molecule has 4 rings (SSSR count). The molecule has 6 atom stereocenters. The van der Waals surface area contributed by atoms with Gasteiger partial charge in [-0.1, -0.05) is 37.3 Å². The monoisotopic (exact) mass is 382 g/mol. The van der Waals surface area contributed by atoms with Crippen molar-refractivity contribution >= 4 is 11.8 Å². The third-order valence-electron chi connectivity index (χ3n) is 8.59. The molecule has 0 aromatic heterocycles. The highest BCUT2D eigenvalue weighted by Crippen LogP contribution is 2.69. The summed E-state index contributed by atoms with van der Waals surface area (Å²) in [5, 5.41) is 0. The van der Waals surface area contributed by atoms with Crippen LogP contribution in [0.25, 0.3) is 0 Å². The molecule has 4 aliphatic rings. The molecule has 0 aromatic rings. The number of allylic oxidation sites excluding steroid dienone is 3. The van der Waals surface area contributed by atoms with Crippen molar-refractivity contribution in [2.45, 2.75) is 77.7 Å². The van der Waals surface area contributed by atoms with Crippen LogP contribution in [0, 0.1) is 29.1 Å². The van der Waals surface area contributed by atoms with Gasteiger partial charge in [0.05, 0.1) is 0 Å². The molecule has 4 aliphatic carbocycles. The van der Waals surface area contributed by atoms with Gasteiger partial charge in [0.2, 0.25) is 0 Å². The molecule has 28 heavy (non-hydrogen) atoms. The summed E-state index contributed by atoms with van der Waals surface area (Å²) >= 11 is 0. The molecule has 0 N–H and O–H groups in total. The summed E-state index contributed by atoms with van der Waals surface area (Å²) in [5.41, 5.74) is 2.14. The third-order valence-corrected chi connectivity index (χ3v) is 8.59. The van der Waals surface area contributed by atoms with E-state index < -0.39 is 17.0 Å². The van der Waals surface area contributed by atoms with Crippen molar-refractivity contribution in [2.24, 2.45) is 29.1 Å². The second-order valence-corrected chi connectivity index (χ2v) is 9.63. The van der Waals surface area contributed by atoms with Gasteiger partial charge in [-0.2, -0.15) is 0 Å². The van der Waals surface area contributed by atoms with Crippen molar-refractivity contribution in [1.29, 1.82) is 0 Å². The Morgan fingerprint density at radius 3 is 2.64 bits per heavy atom. The van der Waals surface area contributed by atoms with Crippen LogP contribution in [0.4, 0.5) is 0 Å². The standard InChI is InChI=1S/C25H34O3/c1-6-24-14-15(2)23-20-10-8-7-9-19(20)11-12-21(23)22(24)13-16(3)25(24,17(4)26)28-18(5)27/h9,20-23H,2-3,6-8,10-14H2,1,4-5H3/t20-,21-,22-,23+,24-,25-/m0/s1. The summed E-state index contributed by atoms with van der Waals surface area (Å²) in [6, 6.07) is 0. The fourth-order valence-electron chi connectivity index (χ4n) is 7.76. The topological polar surface area (TPSA) is 43.4 Å². The van der Waals surface area contributed by atoms with Gasteiger partial charge in [-0.05, 0) is 87.5 Å². The molecule has 3 saturated carbocycles. The fourth-order valence-corrected chi connectivity index (χ4v) is 7.76. The van der Waals surface area contributed by atoms with E-state index in [1.165, 1.54) is 38.2 Å². The zero-order valence-corrected chi connectivity index (χ0v) is 17.7. The van der Waals surface area contributed by atoms with Crippen LogP contribution in [0.15, 0.2) is 36.0 Å². The molecule has 0 radical (unpaired) electrons.